The molecule has 38 heavy (non-hydrogen) atoms. The average molecular weight is 541 g/mol. The van der Waals surface area contributed by atoms with Crippen LogP contribution in [-0.4, -0.2) is 50.3 Å². The first-order valence-corrected chi connectivity index (χ1v) is 12.1. The van der Waals surface area contributed by atoms with E-state index in [1.54, 1.807) is 25.7 Å². The molecule has 2 bridgehead atoms. The summed E-state index contributed by atoms with van der Waals surface area (Å²) in [6.07, 6.45) is -3.67. The van der Waals surface area contributed by atoms with Crippen molar-refractivity contribution in [2.75, 3.05) is 18.4 Å². The number of pyridine rings is 1. The smallest absolute Gasteiger partial charge is 0.433 e. The number of hydrogen-bond acceptors (Lipinski definition) is 5. The molecule has 1 N–H and O–H groups in total. The summed E-state index contributed by atoms with van der Waals surface area (Å²) in [4.78, 5) is 18.4. The van der Waals surface area contributed by atoms with Crippen LogP contribution in [0.4, 0.5) is 37.1 Å². The van der Waals surface area contributed by atoms with Crippen molar-refractivity contribution in [3.63, 3.8) is 0 Å². The molecule has 1 unspecified atom stereocenters. The van der Waals surface area contributed by atoms with Crippen LogP contribution >= 0.6 is 0 Å². The zero-order chi connectivity index (χ0) is 27.6. The maximum absolute atomic E-state index is 14.6. The van der Waals surface area contributed by atoms with E-state index in [2.05, 4.69) is 15.4 Å². The average Bonchev–Trinajstić information content (AvgIpc) is 3.31. The second-order valence-corrected chi connectivity index (χ2v) is 10.7. The van der Waals surface area contributed by atoms with Crippen LogP contribution in [0.2, 0.25) is 0 Å². The van der Waals surface area contributed by atoms with E-state index in [0.29, 0.717) is 29.7 Å². The summed E-state index contributed by atoms with van der Waals surface area (Å²) in [5.74, 6) is -4.87. The largest absolute Gasteiger partial charge is 0.444 e. The van der Waals surface area contributed by atoms with E-state index in [1.807, 2.05) is 0 Å². The number of piperidine rings is 1. The number of hydrogen-bond donors (Lipinski definition) is 1. The second kappa shape index (κ2) is 9.05. The second-order valence-electron chi connectivity index (χ2n) is 10.7. The first kappa shape index (κ1) is 26.1. The molecule has 7 nitrogen and oxygen atoms in total. The highest BCUT2D eigenvalue weighted by Crippen LogP contribution is 2.40. The highest BCUT2D eigenvalue weighted by Gasteiger charge is 2.45. The Hall–Kier alpha value is -3.51. The summed E-state index contributed by atoms with van der Waals surface area (Å²) in [6, 6.07) is 3.04. The zero-order valence-electron chi connectivity index (χ0n) is 20.7. The van der Waals surface area contributed by atoms with Crippen LogP contribution in [0.3, 0.4) is 0 Å². The maximum Gasteiger partial charge on any atom is 0.433 e. The minimum absolute atomic E-state index is 0.0157. The van der Waals surface area contributed by atoms with Crippen LogP contribution in [0.15, 0.2) is 24.3 Å². The standard InChI is InChI=1S/C25H25F6N5O2/c1-24(2,3)38-23(37)35-10-12-4-5-13(11-35)20(12)32-22-33-21-15(14-6-8-16(26)19(28)18(14)27)7-9-17(25(29,30)31)36(21)34-22/h6-9,12-13,20H,4-5,10-11H2,1-3H3,(H,32,34)/t12-,13+,20?. The molecule has 3 atom stereocenters. The lowest BCUT2D eigenvalue weighted by Gasteiger charge is -2.38. The first-order chi connectivity index (χ1) is 17.7. The van der Waals surface area contributed by atoms with Gasteiger partial charge in [-0.25, -0.2) is 22.5 Å². The highest BCUT2D eigenvalue weighted by molar-refractivity contribution is 5.79. The Bertz CT molecular complexity index is 1390. The van der Waals surface area contributed by atoms with E-state index in [4.69, 9.17) is 4.74 Å². The predicted octanol–water partition coefficient (Wildman–Crippen LogP) is 5.89. The van der Waals surface area contributed by atoms with Crippen molar-refractivity contribution in [1.29, 1.82) is 0 Å². The lowest BCUT2D eigenvalue weighted by molar-refractivity contribution is -0.142. The zero-order valence-corrected chi connectivity index (χ0v) is 20.7. The van der Waals surface area contributed by atoms with Crippen LogP contribution in [0.5, 0.6) is 0 Å². The molecule has 1 saturated carbocycles. The van der Waals surface area contributed by atoms with E-state index >= 15 is 0 Å². The molecule has 1 amide bonds. The van der Waals surface area contributed by atoms with Gasteiger partial charge in [0.05, 0.1) is 0 Å². The van der Waals surface area contributed by atoms with E-state index in [0.717, 1.165) is 25.0 Å². The molecule has 1 aliphatic heterocycles. The lowest BCUT2D eigenvalue weighted by atomic mass is 9.92. The van der Waals surface area contributed by atoms with Crippen molar-refractivity contribution in [1.82, 2.24) is 19.5 Å². The van der Waals surface area contributed by atoms with E-state index in [1.165, 1.54) is 0 Å². The first-order valence-electron chi connectivity index (χ1n) is 12.1. The Kier molecular flexibility index (Phi) is 6.22. The summed E-state index contributed by atoms with van der Waals surface area (Å²) < 4.78 is 89.2. The Morgan fingerprint density at radius 2 is 1.61 bits per heavy atom. The van der Waals surface area contributed by atoms with Crippen molar-refractivity contribution in [3.05, 3.63) is 47.4 Å². The fourth-order valence-electron chi connectivity index (χ4n) is 5.26. The quantitative estimate of drug-likeness (QED) is 0.331. The van der Waals surface area contributed by atoms with Gasteiger partial charge in [-0.1, -0.05) is 0 Å². The van der Waals surface area contributed by atoms with Crippen molar-refractivity contribution in [2.45, 2.75) is 51.4 Å². The number of nitrogens with zero attached hydrogens (tertiary/aromatic N) is 4. The number of aromatic nitrogens is 3. The number of amides is 1. The van der Waals surface area contributed by atoms with Gasteiger partial charge in [-0.2, -0.15) is 18.2 Å². The number of ether oxygens (including phenoxy) is 1. The molecule has 3 heterocycles. The van der Waals surface area contributed by atoms with Gasteiger partial charge in [0.25, 0.3) is 0 Å². The summed E-state index contributed by atoms with van der Waals surface area (Å²) in [7, 11) is 0. The van der Waals surface area contributed by atoms with Crippen LogP contribution in [-0.2, 0) is 10.9 Å². The summed E-state index contributed by atoms with van der Waals surface area (Å²) in [5, 5.41) is 7.12. The predicted molar refractivity (Wildman–Crippen MR) is 125 cm³/mol. The third kappa shape index (κ3) is 4.73. The molecule has 3 aromatic rings. The number of alkyl halides is 3. The Morgan fingerprint density at radius 1 is 0.974 bits per heavy atom. The van der Waals surface area contributed by atoms with Gasteiger partial charge in [0.1, 0.15) is 11.3 Å². The summed E-state index contributed by atoms with van der Waals surface area (Å²) in [6.45, 7) is 6.13. The summed E-state index contributed by atoms with van der Waals surface area (Å²) >= 11 is 0. The van der Waals surface area contributed by atoms with Crippen molar-refractivity contribution >= 4 is 17.7 Å². The van der Waals surface area contributed by atoms with Gasteiger partial charge in [0.15, 0.2) is 23.1 Å². The minimum atomic E-state index is -4.81. The monoisotopic (exact) mass is 541 g/mol. The number of benzene rings is 1. The highest BCUT2D eigenvalue weighted by atomic mass is 19.4. The molecule has 0 radical (unpaired) electrons. The molecule has 2 fully saturated rings. The molecule has 5 rings (SSSR count). The number of carbonyl (C=O) groups is 1. The number of anilines is 1. The van der Waals surface area contributed by atoms with Crippen LogP contribution in [0, 0.1) is 29.3 Å². The number of rotatable bonds is 3. The van der Waals surface area contributed by atoms with Crippen LogP contribution < -0.4 is 5.32 Å². The molecule has 2 aliphatic rings. The fraction of sp³-hybridized carbons (Fsp3) is 0.480. The Labute approximate surface area is 213 Å². The van der Waals surface area contributed by atoms with Crippen molar-refractivity contribution in [3.8, 4) is 11.1 Å². The van der Waals surface area contributed by atoms with Gasteiger partial charge in [-0.3, -0.25) is 0 Å². The molecule has 2 aromatic heterocycles. The molecular formula is C25H25F6N5O2. The number of likely N-dealkylation sites (tertiary alicyclic amines) is 1. The van der Waals surface area contributed by atoms with Gasteiger partial charge >= 0.3 is 12.3 Å². The maximum atomic E-state index is 14.6. The van der Waals surface area contributed by atoms with Gasteiger partial charge < -0.3 is 15.0 Å². The Balaban J connectivity index is 1.48. The van der Waals surface area contributed by atoms with E-state index in [-0.39, 0.29) is 35.0 Å². The van der Waals surface area contributed by atoms with Gasteiger partial charge in [-0.05, 0) is 69.7 Å². The number of fused-ring (bicyclic) bond motifs is 3. The molecule has 0 spiro atoms. The molecule has 1 saturated heterocycles. The van der Waals surface area contributed by atoms with Gasteiger partial charge in [-0.15, -0.1) is 5.10 Å². The fourth-order valence-corrected chi connectivity index (χ4v) is 5.26. The third-order valence-corrected chi connectivity index (χ3v) is 6.88. The van der Waals surface area contributed by atoms with Crippen molar-refractivity contribution < 1.29 is 35.9 Å². The third-order valence-electron chi connectivity index (χ3n) is 6.88. The van der Waals surface area contributed by atoms with Crippen LogP contribution in [0.25, 0.3) is 16.8 Å². The number of halogens is 6. The SMILES string of the molecule is CC(C)(C)OC(=O)N1C[C@H]2CC[C@@H](C1)C2Nc1nc2c(-c3ccc(F)c(F)c3F)ccc(C(F)(F)F)n2n1. The van der Waals surface area contributed by atoms with Gasteiger partial charge in [0, 0.05) is 30.3 Å². The van der Waals surface area contributed by atoms with Crippen molar-refractivity contribution in [2.24, 2.45) is 11.8 Å². The Morgan fingerprint density at radius 3 is 2.21 bits per heavy atom. The number of nitrogens with one attached hydrogen (secondary N) is 1. The molecule has 13 heteroatoms. The minimum Gasteiger partial charge on any atom is -0.444 e. The normalized spacial score (nSPS) is 21.7. The van der Waals surface area contributed by atoms with Gasteiger partial charge in [0.2, 0.25) is 5.95 Å². The molecule has 1 aromatic carbocycles. The topological polar surface area (TPSA) is 71.8 Å². The number of carbonyl (C=O) groups excluding carboxylic acids is 1. The summed E-state index contributed by atoms with van der Waals surface area (Å²) in [5.41, 5.74) is -2.81. The molecule has 204 valence electrons. The van der Waals surface area contributed by atoms with Crippen LogP contribution in [0.1, 0.15) is 39.3 Å². The lowest BCUT2D eigenvalue weighted by Crippen LogP contribution is -2.51. The molecule has 1 aliphatic carbocycles. The van der Waals surface area contributed by atoms with E-state index in [9.17, 15) is 31.1 Å². The molecular weight excluding hydrogens is 516 g/mol. The van der Waals surface area contributed by atoms with E-state index < -0.39 is 46.6 Å².